The van der Waals surface area contributed by atoms with Gasteiger partial charge in [-0.3, -0.25) is 19.8 Å². The van der Waals surface area contributed by atoms with Gasteiger partial charge in [-0.2, -0.15) is 0 Å². The summed E-state index contributed by atoms with van der Waals surface area (Å²) in [4.78, 5) is 26.4. The molecule has 3 aromatic rings. The van der Waals surface area contributed by atoms with Crippen molar-refractivity contribution in [2.75, 3.05) is 26.3 Å². The molecule has 0 radical (unpaired) electrons. The van der Waals surface area contributed by atoms with E-state index >= 15 is 0 Å². The molecule has 0 bridgehead atoms. The highest BCUT2D eigenvalue weighted by molar-refractivity contribution is 5.84. The number of nitro benzene ring substituents is 1. The second kappa shape index (κ2) is 10.2. The van der Waals surface area contributed by atoms with E-state index in [0.29, 0.717) is 26.3 Å². The second-order valence-corrected chi connectivity index (χ2v) is 7.66. The number of carbonyl (C=O) groups is 1. The second-order valence-electron chi connectivity index (χ2n) is 7.66. The lowest BCUT2D eigenvalue weighted by Crippen LogP contribution is -2.46. The van der Waals surface area contributed by atoms with Crippen molar-refractivity contribution in [1.82, 2.24) is 10.2 Å². The van der Waals surface area contributed by atoms with Crippen LogP contribution in [0.1, 0.15) is 28.8 Å². The smallest absolute Gasteiger partial charge is 0.269 e. The number of ether oxygens (including phenoxy) is 1. The number of hydrogen-bond donors (Lipinski definition) is 1. The van der Waals surface area contributed by atoms with Crippen molar-refractivity contribution in [3.05, 3.63) is 112 Å². The van der Waals surface area contributed by atoms with Crippen molar-refractivity contribution in [2.45, 2.75) is 12.1 Å². The average Bonchev–Trinajstić information content (AvgIpc) is 2.85. The normalized spacial score (nSPS) is 15.3. The highest BCUT2D eigenvalue weighted by Crippen LogP contribution is 2.28. The van der Waals surface area contributed by atoms with Crippen molar-refractivity contribution < 1.29 is 14.5 Å². The van der Waals surface area contributed by atoms with E-state index in [1.807, 2.05) is 60.7 Å². The molecule has 1 aliphatic rings. The summed E-state index contributed by atoms with van der Waals surface area (Å²) in [5, 5.41) is 14.3. The van der Waals surface area contributed by atoms with Gasteiger partial charge in [-0.1, -0.05) is 72.8 Å². The van der Waals surface area contributed by atoms with Crippen LogP contribution in [-0.2, 0) is 9.53 Å². The average molecular weight is 431 g/mol. The summed E-state index contributed by atoms with van der Waals surface area (Å²) in [6.07, 6.45) is 0. The van der Waals surface area contributed by atoms with Gasteiger partial charge in [0, 0.05) is 25.2 Å². The van der Waals surface area contributed by atoms with Gasteiger partial charge in [0.2, 0.25) is 5.91 Å². The maximum absolute atomic E-state index is 13.7. The summed E-state index contributed by atoms with van der Waals surface area (Å²) in [6, 6.07) is 25.0. The summed E-state index contributed by atoms with van der Waals surface area (Å²) >= 11 is 0. The fraction of sp³-hybridized carbons (Fsp3) is 0.240. The van der Waals surface area contributed by atoms with Gasteiger partial charge in [0.25, 0.3) is 5.69 Å². The van der Waals surface area contributed by atoms with E-state index in [0.717, 1.165) is 16.7 Å². The Balaban J connectivity index is 1.66. The van der Waals surface area contributed by atoms with Gasteiger partial charge < -0.3 is 10.1 Å². The van der Waals surface area contributed by atoms with Crippen molar-refractivity contribution in [2.24, 2.45) is 0 Å². The Labute approximate surface area is 186 Å². The van der Waals surface area contributed by atoms with Gasteiger partial charge in [-0.15, -0.1) is 0 Å². The lowest BCUT2D eigenvalue weighted by molar-refractivity contribution is -0.384. The predicted molar refractivity (Wildman–Crippen MR) is 121 cm³/mol. The molecule has 0 aliphatic carbocycles. The summed E-state index contributed by atoms with van der Waals surface area (Å²) < 4.78 is 5.47. The molecular weight excluding hydrogens is 406 g/mol. The molecule has 1 aliphatic heterocycles. The van der Waals surface area contributed by atoms with Gasteiger partial charge in [0.05, 0.1) is 24.2 Å². The zero-order chi connectivity index (χ0) is 22.3. The molecule has 0 unspecified atom stereocenters. The number of nitrogens with zero attached hydrogens (tertiary/aromatic N) is 2. The van der Waals surface area contributed by atoms with E-state index in [9.17, 15) is 14.9 Å². The Kier molecular flexibility index (Phi) is 6.89. The third-order valence-electron chi connectivity index (χ3n) is 5.63. The van der Waals surface area contributed by atoms with Crippen LogP contribution in [0.2, 0.25) is 0 Å². The predicted octanol–water partition coefficient (Wildman–Crippen LogP) is 3.87. The van der Waals surface area contributed by atoms with Gasteiger partial charge in [-0.25, -0.2) is 0 Å². The molecule has 0 aromatic heterocycles. The van der Waals surface area contributed by atoms with E-state index in [-0.39, 0.29) is 17.6 Å². The Morgan fingerprint density at radius 1 is 0.844 bits per heavy atom. The summed E-state index contributed by atoms with van der Waals surface area (Å²) in [6.45, 7) is 2.29. The summed E-state index contributed by atoms with van der Waals surface area (Å²) in [5.74, 6) is -0.154. The minimum Gasteiger partial charge on any atom is -0.379 e. The first-order chi connectivity index (χ1) is 15.6. The molecule has 0 spiro atoms. The number of amides is 1. The maximum Gasteiger partial charge on any atom is 0.269 e. The third-order valence-corrected chi connectivity index (χ3v) is 5.63. The first-order valence-corrected chi connectivity index (χ1v) is 10.6. The lowest BCUT2D eigenvalue weighted by atomic mass is 9.97. The van der Waals surface area contributed by atoms with Crippen LogP contribution < -0.4 is 5.32 Å². The van der Waals surface area contributed by atoms with Crippen LogP contribution in [0.5, 0.6) is 0 Å². The largest absolute Gasteiger partial charge is 0.379 e. The van der Waals surface area contributed by atoms with Gasteiger partial charge in [0.15, 0.2) is 0 Å². The van der Waals surface area contributed by atoms with E-state index in [1.165, 1.54) is 12.1 Å². The Hall–Kier alpha value is -3.55. The quantitative estimate of drug-likeness (QED) is 0.453. The molecule has 3 aromatic carbocycles. The number of nitrogens with one attached hydrogen (secondary N) is 1. The number of rotatable bonds is 7. The van der Waals surface area contributed by atoms with E-state index in [1.54, 1.807) is 12.1 Å². The Morgan fingerprint density at radius 3 is 1.88 bits per heavy atom. The zero-order valence-electron chi connectivity index (χ0n) is 17.6. The summed E-state index contributed by atoms with van der Waals surface area (Å²) in [5.41, 5.74) is 2.68. The fourth-order valence-electron chi connectivity index (χ4n) is 4.01. The number of non-ortho nitro benzene ring substituents is 1. The molecule has 1 heterocycles. The van der Waals surface area contributed by atoms with Gasteiger partial charge >= 0.3 is 0 Å². The molecule has 0 saturated carbocycles. The molecule has 1 atom stereocenters. The van der Waals surface area contributed by atoms with Gasteiger partial charge in [0.1, 0.15) is 6.04 Å². The van der Waals surface area contributed by atoms with Crippen molar-refractivity contribution in [3.8, 4) is 0 Å². The molecule has 164 valence electrons. The van der Waals surface area contributed by atoms with Crippen LogP contribution in [0.25, 0.3) is 0 Å². The standard InChI is InChI=1S/C25H25N3O4/c29-25(26-23(19-7-3-1-4-8-19)20-9-5-2-6-10-20)24(27-15-17-32-18-16-27)21-11-13-22(14-12-21)28(30)31/h1-14,23-24H,15-18H2,(H,26,29)/t24-/m0/s1. The van der Waals surface area contributed by atoms with Crippen LogP contribution in [0.3, 0.4) is 0 Å². The van der Waals surface area contributed by atoms with Crippen LogP contribution >= 0.6 is 0 Å². The molecule has 7 heteroatoms. The molecule has 1 fully saturated rings. The number of morpholine rings is 1. The first-order valence-electron chi connectivity index (χ1n) is 10.6. The van der Waals surface area contributed by atoms with Crippen LogP contribution in [-0.4, -0.2) is 42.0 Å². The van der Waals surface area contributed by atoms with Crippen LogP contribution in [0, 0.1) is 10.1 Å². The molecule has 1 amide bonds. The summed E-state index contributed by atoms with van der Waals surface area (Å²) in [7, 11) is 0. The number of benzene rings is 3. The number of nitro groups is 1. The topological polar surface area (TPSA) is 84.7 Å². The Morgan fingerprint density at radius 2 is 1.38 bits per heavy atom. The minimum atomic E-state index is -0.574. The lowest BCUT2D eigenvalue weighted by Gasteiger charge is -2.35. The monoisotopic (exact) mass is 431 g/mol. The number of carbonyl (C=O) groups excluding carboxylic acids is 1. The van der Waals surface area contributed by atoms with E-state index in [4.69, 9.17) is 4.74 Å². The van der Waals surface area contributed by atoms with Crippen molar-refractivity contribution >= 4 is 11.6 Å². The van der Waals surface area contributed by atoms with Crippen LogP contribution in [0.4, 0.5) is 5.69 Å². The highest BCUT2D eigenvalue weighted by atomic mass is 16.6. The third kappa shape index (κ3) is 5.01. The number of hydrogen-bond acceptors (Lipinski definition) is 5. The van der Waals surface area contributed by atoms with Gasteiger partial charge in [-0.05, 0) is 16.7 Å². The molecule has 4 rings (SSSR count). The first kappa shape index (κ1) is 21.7. The zero-order valence-corrected chi connectivity index (χ0v) is 17.6. The molecular formula is C25H25N3O4. The van der Waals surface area contributed by atoms with E-state index in [2.05, 4.69) is 10.2 Å². The molecule has 7 nitrogen and oxygen atoms in total. The molecule has 1 N–H and O–H groups in total. The van der Waals surface area contributed by atoms with Crippen molar-refractivity contribution in [1.29, 1.82) is 0 Å². The Bertz CT molecular complexity index is 996. The SMILES string of the molecule is O=C(NC(c1ccccc1)c1ccccc1)[C@H](c1ccc([N+](=O)[O-])cc1)N1CCOCC1. The maximum atomic E-state index is 13.7. The fourth-order valence-corrected chi connectivity index (χ4v) is 4.01. The molecule has 32 heavy (non-hydrogen) atoms. The van der Waals surface area contributed by atoms with Crippen LogP contribution in [0.15, 0.2) is 84.9 Å². The highest BCUT2D eigenvalue weighted by Gasteiger charge is 2.31. The van der Waals surface area contributed by atoms with Crippen molar-refractivity contribution in [3.63, 3.8) is 0 Å². The van der Waals surface area contributed by atoms with E-state index < -0.39 is 11.0 Å². The minimum absolute atomic E-state index is 0.00123. The molecule has 1 saturated heterocycles.